The van der Waals surface area contributed by atoms with Crippen molar-refractivity contribution >= 4 is 64.6 Å². The zero-order chi connectivity index (χ0) is 53.5. The average Bonchev–Trinajstić information content (AvgIpc) is 4.10. The predicted octanol–water partition coefficient (Wildman–Crippen LogP) is 6.59. The van der Waals surface area contributed by atoms with Gasteiger partial charge in [0.25, 0.3) is 0 Å². The summed E-state index contributed by atoms with van der Waals surface area (Å²) in [5.41, 5.74) is 8.52. The highest BCUT2D eigenvalue weighted by atomic mass is 32.2. The van der Waals surface area contributed by atoms with E-state index in [0.717, 1.165) is 63.2 Å². The number of anilines is 4. The lowest BCUT2D eigenvalue weighted by Crippen LogP contribution is -2.46. The van der Waals surface area contributed by atoms with Gasteiger partial charge in [0.2, 0.25) is 20.0 Å². The van der Waals surface area contributed by atoms with E-state index in [-0.39, 0.29) is 33.7 Å². The minimum atomic E-state index is -4.12. The number of primary sulfonamides is 1. The van der Waals surface area contributed by atoms with E-state index in [4.69, 9.17) is 24.6 Å². The summed E-state index contributed by atoms with van der Waals surface area (Å²) in [6, 6.07) is 29.1. The summed E-state index contributed by atoms with van der Waals surface area (Å²) in [6.07, 6.45) is 6.12. The Hall–Kier alpha value is -8.28. The number of pyridine rings is 2. The molecule has 2 aliphatic rings. The average molecular weight is 1060 g/mol. The maximum absolute atomic E-state index is 14.1. The third-order valence-electron chi connectivity index (χ3n) is 13.9. The van der Waals surface area contributed by atoms with E-state index in [1.165, 1.54) is 16.8 Å². The number of nitrogens with one attached hydrogen (secondary N) is 1. The summed E-state index contributed by atoms with van der Waals surface area (Å²) in [7, 11) is -6.27. The van der Waals surface area contributed by atoms with Crippen LogP contribution < -0.4 is 38.9 Å². The predicted molar refractivity (Wildman–Crippen MR) is 289 cm³/mol. The second kappa shape index (κ2) is 20.8. The highest BCUT2D eigenvalue weighted by Gasteiger charge is 2.28. The quantitative estimate of drug-likeness (QED) is 0.110. The van der Waals surface area contributed by atoms with Crippen LogP contribution in [-0.4, -0.2) is 98.7 Å². The molecule has 3 N–H and O–H groups in total. The normalized spacial score (nSPS) is 15.2. The molecule has 2 aliphatic heterocycles. The number of para-hydroxylation sites is 2. The lowest BCUT2D eigenvalue weighted by molar-refractivity contribution is 0.222. The molecular formula is C54H56N14O6S2. The summed E-state index contributed by atoms with van der Waals surface area (Å²) in [5, 5.41) is 36.4. The summed E-state index contributed by atoms with van der Waals surface area (Å²) >= 11 is 0. The second-order valence-corrected chi connectivity index (χ2v) is 22.4. The van der Waals surface area contributed by atoms with Gasteiger partial charge >= 0.3 is 0 Å². The Balaban J connectivity index is 0.804. The Bertz CT molecular complexity index is 3830. The van der Waals surface area contributed by atoms with E-state index in [0.29, 0.717) is 61.7 Å². The van der Waals surface area contributed by atoms with Gasteiger partial charge in [-0.3, -0.25) is 9.36 Å². The van der Waals surface area contributed by atoms with Gasteiger partial charge in [0.1, 0.15) is 52.3 Å². The number of aryl methyl sites for hydroxylation is 3. The first kappa shape index (κ1) is 51.2. The number of nitrogens with two attached hydrogens (primary N) is 1. The third-order valence-corrected chi connectivity index (χ3v) is 16.2. The maximum atomic E-state index is 14.1. The van der Waals surface area contributed by atoms with Crippen LogP contribution in [0.15, 0.2) is 120 Å². The van der Waals surface area contributed by atoms with Crippen LogP contribution >= 0.6 is 0 Å². The summed E-state index contributed by atoms with van der Waals surface area (Å²) in [4.78, 5) is 18.2. The SMILES string of the molecule is Cc1cc([C@H](C)Oc2ccccc2S(=O)(=O)NCn2cc(N3CCN(c4cc5c([C@@H](C)Oc6ccccc6S(N)(=O)=O)cc(C)cc5nc4C#N)CC3)cn2)c2cc(N3CCN(c4cnn(C)c4)CC3)c(C#N)nc2c1. The zero-order valence-electron chi connectivity index (χ0n) is 42.6. The number of nitrogens with zero attached hydrogens (tertiary/aromatic N) is 12. The number of hydrogen-bond acceptors (Lipinski definition) is 16. The molecule has 8 aromatic rings. The van der Waals surface area contributed by atoms with Gasteiger partial charge in [-0.05, 0) is 87.4 Å². The van der Waals surface area contributed by atoms with Gasteiger partial charge in [0.15, 0.2) is 11.4 Å². The van der Waals surface area contributed by atoms with Crippen molar-refractivity contribution in [2.45, 2.75) is 56.4 Å². The van der Waals surface area contributed by atoms with Crippen LogP contribution in [0.1, 0.15) is 59.7 Å². The molecule has 0 unspecified atom stereocenters. The molecule has 4 aromatic heterocycles. The van der Waals surface area contributed by atoms with Crippen molar-refractivity contribution in [1.82, 2.24) is 34.3 Å². The second-order valence-electron chi connectivity index (χ2n) is 19.1. The van der Waals surface area contributed by atoms with Crippen molar-refractivity contribution < 1.29 is 26.3 Å². The van der Waals surface area contributed by atoms with Crippen molar-refractivity contribution in [3.05, 3.63) is 143 Å². The van der Waals surface area contributed by atoms with Crippen LogP contribution in [0.5, 0.6) is 11.5 Å². The van der Waals surface area contributed by atoms with Gasteiger partial charge in [-0.15, -0.1) is 0 Å². The smallest absolute Gasteiger partial charge is 0.245 e. The van der Waals surface area contributed by atoms with Gasteiger partial charge in [-0.2, -0.15) is 25.4 Å². The van der Waals surface area contributed by atoms with Crippen LogP contribution in [0.2, 0.25) is 0 Å². The highest BCUT2D eigenvalue weighted by molar-refractivity contribution is 7.89. The van der Waals surface area contributed by atoms with E-state index in [9.17, 15) is 27.4 Å². The van der Waals surface area contributed by atoms with Gasteiger partial charge in [0, 0.05) is 93.7 Å². The molecule has 20 nitrogen and oxygen atoms in total. The van der Waals surface area contributed by atoms with Gasteiger partial charge in [-0.25, -0.2) is 31.9 Å². The molecule has 10 rings (SSSR count). The Morgan fingerprint density at radius 3 is 1.55 bits per heavy atom. The molecule has 0 radical (unpaired) electrons. The standard InChI is InChI=1S/C54H56N14O6S2/c1-35-22-41(37(3)73-51-10-6-8-12-53(51)75(57,69)70)43-26-50(48(29-56)61-45(43)24-35)67-20-16-65(17-21-67)40-31-59-68(33-40)34-60-76(71,72)54-13-9-7-11-52(54)74-38(4)42-23-36(2)25-46-44(42)27-49(47(28-55)62-46)66-18-14-64(15-19-66)39-30-58-63(5)32-39/h6-13,22-27,30-33,37-38,60H,14-21,34H2,1-5H3,(H2,57,69,70)/t37-,38+/m1/s1. The molecule has 0 bridgehead atoms. The molecule has 76 heavy (non-hydrogen) atoms. The van der Waals surface area contributed by atoms with E-state index >= 15 is 0 Å². The number of benzene rings is 4. The van der Waals surface area contributed by atoms with Gasteiger partial charge in [0.05, 0.1) is 46.2 Å². The molecule has 0 amide bonds. The molecule has 2 atom stereocenters. The minimum Gasteiger partial charge on any atom is -0.485 e. The highest BCUT2D eigenvalue weighted by Crippen LogP contribution is 2.37. The number of fused-ring (bicyclic) bond motifs is 2. The van der Waals surface area contributed by atoms with Crippen LogP contribution in [0.3, 0.4) is 0 Å². The van der Waals surface area contributed by atoms with Crippen molar-refractivity contribution in [2.24, 2.45) is 12.2 Å². The van der Waals surface area contributed by atoms with Crippen LogP contribution in [0.25, 0.3) is 21.8 Å². The van der Waals surface area contributed by atoms with E-state index in [1.807, 2.05) is 83.5 Å². The van der Waals surface area contributed by atoms with E-state index in [2.05, 4.69) is 46.7 Å². The largest absolute Gasteiger partial charge is 0.485 e. The molecular weight excluding hydrogens is 1000 g/mol. The number of nitriles is 2. The van der Waals surface area contributed by atoms with Gasteiger partial charge in [-0.1, -0.05) is 36.4 Å². The number of sulfonamides is 2. The van der Waals surface area contributed by atoms with Gasteiger partial charge < -0.3 is 29.1 Å². The van der Waals surface area contributed by atoms with Crippen molar-refractivity contribution in [1.29, 1.82) is 10.5 Å². The number of aromatic nitrogens is 6. The lowest BCUT2D eigenvalue weighted by atomic mass is 9.99. The molecule has 4 aromatic carbocycles. The Morgan fingerprint density at radius 1 is 0.632 bits per heavy atom. The molecule has 0 aliphatic carbocycles. The fourth-order valence-electron chi connectivity index (χ4n) is 10.1. The molecule has 2 fully saturated rings. The van der Waals surface area contributed by atoms with Crippen LogP contribution in [0.4, 0.5) is 22.7 Å². The number of piperazine rings is 2. The Labute approximate surface area is 441 Å². The summed E-state index contributed by atoms with van der Waals surface area (Å²) in [5.74, 6) is 0.305. The van der Waals surface area contributed by atoms with Crippen LogP contribution in [-0.2, 0) is 33.8 Å². The fraction of sp³-hybridized carbons (Fsp3) is 0.296. The Morgan fingerprint density at radius 2 is 1.08 bits per heavy atom. The summed E-state index contributed by atoms with van der Waals surface area (Å²) in [6.45, 7) is 12.5. The molecule has 0 saturated carbocycles. The zero-order valence-corrected chi connectivity index (χ0v) is 44.3. The molecule has 390 valence electrons. The number of rotatable bonds is 15. The molecule has 2 saturated heterocycles. The monoisotopic (exact) mass is 1060 g/mol. The van der Waals surface area contributed by atoms with Crippen molar-refractivity contribution in [3.8, 4) is 23.6 Å². The topological polar surface area (TPSA) is 247 Å². The fourth-order valence-corrected chi connectivity index (χ4v) is 11.8. The van der Waals surface area contributed by atoms with E-state index in [1.54, 1.807) is 53.5 Å². The third kappa shape index (κ3) is 10.5. The lowest BCUT2D eigenvalue weighted by Gasteiger charge is -2.37. The molecule has 22 heteroatoms. The van der Waals surface area contributed by atoms with Crippen molar-refractivity contribution in [3.63, 3.8) is 0 Å². The van der Waals surface area contributed by atoms with Crippen molar-refractivity contribution in [2.75, 3.05) is 72.0 Å². The first-order chi connectivity index (χ1) is 36.5. The van der Waals surface area contributed by atoms with E-state index < -0.39 is 32.3 Å². The Kier molecular flexibility index (Phi) is 14.0. The first-order valence-electron chi connectivity index (χ1n) is 24.7. The summed E-state index contributed by atoms with van der Waals surface area (Å²) < 4.78 is 71.6. The number of ether oxygens (including phenoxy) is 2. The maximum Gasteiger partial charge on any atom is 0.245 e. The molecule has 6 heterocycles. The minimum absolute atomic E-state index is 0.0316. The first-order valence-corrected chi connectivity index (χ1v) is 27.7. The molecule has 0 spiro atoms. The number of hydrogen-bond donors (Lipinski definition) is 2. The van der Waals surface area contributed by atoms with Crippen LogP contribution in [0, 0.1) is 36.5 Å².